The standard InChI is InChI=1S/C25H25Cl2N5O2/c1-25(2)33-20-15(6-4-13-3-5-14-10-17(26)22(28)30-18(14)9-13)11-19(21(20)34-25)32-8-7-16-12-29-24(27)31-23(16)32/h3,5,7-10,12,15,19-21H,4,6,11H2,1-2H3,(H2,28,30)/t15-,19+,20+,21-/m0/s1. The van der Waals surface area contributed by atoms with Crippen LogP contribution in [-0.2, 0) is 15.9 Å². The molecule has 0 spiro atoms. The van der Waals surface area contributed by atoms with Crippen LogP contribution in [-0.4, -0.2) is 37.5 Å². The molecule has 4 heterocycles. The molecular weight excluding hydrogens is 473 g/mol. The third-order valence-corrected chi connectivity index (χ3v) is 7.49. The van der Waals surface area contributed by atoms with E-state index >= 15 is 0 Å². The van der Waals surface area contributed by atoms with Gasteiger partial charge < -0.3 is 19.8 Å². The summed E-state index contributed by atoms with van der Waals surface area (Å²) >= 11 is 12.2. The first-order valence-electron chi connectivity index (χ1n) is 11.5. The van der Waals surface area contributed by atoms with E-state index in [1.54, 1.807) is 6.20 Å². The molecule has 6 rings (SSSR count). The van der Waals surface area contributed by atoms with Crippen LogP contribution >= 0.6 is 23.2 Å². The summed E-state index contributed by atoms with van der Waals surface area (Å²) in [6, 6.07) is 10.3. The van der Waals surface area contributed by atoms with Crippen molar-refractivity contribution in [3.05, 3.63) is 58.6 Å². The number of nitrogens with two attached hydrogens (primary N) is 1. The molecule has 4 aromatic rings. The summed E-state index contributed by atoms with van der Waals surface area (Å²) in [5.41, 5.74) is 8.81. The number of aryl methyl sites for hydroxylation is 1. The molecule has 34 heavy (non-hydrogen) atoms. The lowest BCUT2D eigenvalue weighted by Crippen LogP contribution is -2.27. The van der Waals surface area contributed by atoms with Gasteiger partial charge in [-0.25, -0.2) is 9.97 Å². The van der Waals surface area contributed by atoms with Gasteiger partial charge in [0, 0.05) is 23.2 Å². The third-order valence-electron chi connectivity index (χ3n) is 7.00. The summed E-state index contributed by atoms with van der Waals surface area (Å²) < 4.78 is 15.0. The molecule has 4 atom stereocenters. The normalized spacial score (nSPS) is 25.9. The van der Waals surface area contributed by atoms with Crippen molar-refractivity contribution >= 4 is 51.0 Å². The van der Waals surface area contributed by atoms with Crippen LogP contribution < -0.4 is 5.73 Å². The van der Waals surface area contributed by atoms with Crippen molar-refractivity contribution < 1.29 is 9.47 Å². The maximum absolute atomic E-state index is 6.40. The molecule has 3 aromatic heterocycles. The van der Waals surface area contributed by atoms with Gasteiger partial charge in [0.25, 0.3) is 0 Å². The number of nitrogen functional groups attached to an aromatic ring is 1. The van der Waals surface area contributed by atoms with Crippen molar-refractivity contribution in [2.45, 2.75) is 57.1 Å². The molecule has 0 unspecified atom stereocenters. The lowest BCUT2D eigenvalue weighted by Gasteiger charge is -2.24. The van der Waals surface area contributed by atoms with Gasteiger partial charge in [0.1, 0.15) is 17.6 Å². The van der Waals surface area contributed by atoms with Gasteiger partial charge in [-0.3, -0.25) is 0 Å². The number of fused-ring (bicyclic) bond motifs is 3. The molecule has 1 aromatic carbocycles. The molecule has 1 aliphatic carbocycles. The molecule has 2 fully saturated rings. The summed E-state index contributed by atoms with van der Waals surface area (Å²) in [7, 11) is 0. The number of benzene rings is 1. The van der Waals surface area contributed by atoms with E-state index in [4.69, 9.17) is 38.4 Å². The van der Waals surface area contributed by atoms with E-state index in [1.807, 2.05) is 26.0 Å². The van der Waals surface area contributed by atoms with Crippen molar-refractivity contribution in [1.82, 2.24) is 19.5 Å². The van der Waals surface area contributed by atoms with Crippen LogP contribution in [0.5, 0.6) is 0 Å². The molecule has 0 bridgehead atoms. The molecule has 1 saturated heterocycles. The monoisotopic (exact) mass is 497 g/mol. The van der Waals surface area contributed by atoms with E-state index in [9.17, 15) is 0 Å². The first-order chi connectivity index (χ1) is 16.3. The first kappa shape index (κ1) is 22.0. The largest absolute Gasteiger partial charge is 0.382 e. The Labute approximate surface area is 207 Å². The molecule has 2 aliphatic rings. The number of anilines is 1. The fourth-order valence-electron chi connectivity index (χ4n) is 5.51. The molecule has 9 heteroatoms. The Morgan fingerprint density at radius 3 is 2.76 bits per heavy atom. The quantitative estimate of drug-likeness (QED) is 0.370. The zero-order valence-corrected chi connectivity index (χ0v) is 20.4. The van der Waals surface area contributed by atoms with E-state index in [2.05, 4.69) is 43.9 Å². The SMILES string of the molecule is CC1(C)O[C@@H]2[C@@H](CCc3ccc4cc(Cl)c(N)nc4c3)C[C@@H](n3ccc4cnc(Cl)nc43)[C@@H]2O1. The maximum Gasteiger partial charge on any atom is 0.224 e. The lowest BCUT2D eigenvalue weighted by molar-refractivity contribution is -0.160. The van der Waals surface area contributed by atoms with E-state index in [1.165, 1.54) is 5.56 Å². The molecule has 2 N–H and O–H groups in total. The van der Waals surface area contributed by atoms with Crippen LogP contribution in [0.25, 0.3) is 21.9 Å². The van der Waals surface area contributed by atoms with E-state index in [0.717, 1.165) is 41.2 Å². The Morgan fingerprint density at radius 1 is 1.09 bits per heavy atom. The minimum Gasteiger partial charge on any atom is -0.382 e. The van der Waals surface area contributed by atoms with Crippen LogP contribution in [0.1, 0.15) is 38.3 Å². The number of rotatable bonds is 4. The van der Waals surface area contributed by atoms with Crippen molar-refractivity contribution in [2.75, 3.05) is 5.73 Å². The number of hydrogen-bond donors (Lipinski definition) is 1. The van der Waals surface area contributed by atoms with Gasteiger partial charge in [0.2, 0.25) is 5.28 Å². The first-order valence-corrected chi connectivity index (χ1v) is 12.2. The van der Waals surface area contributed by atoms with Gasteiger partial charge in [-0.15, -0.1) is 0 Å². The van der Waals surface area contributed by atoms with Crippen molar-refractivity contribution in [1.29, 1.82) is 0 Å². The van der Waals surface area contributed by atoms with Crippen molar-refractivity contribution in [3.8, 4) is 0 Å². The number of nitrogens with zero attached hydrogens (tertiary/aromatic N) is 4. The smallest absolute Gasteiger partial charge is 0.224 e. The van der Waals surface area contributed by atoms with Crippen LogP contribution in [0.2, 0.25) is 10.3 Å². The van der Waals surface area contributed by atoms with Gasteiger partial charge in [0.05, 0.1) is 22.7 Å². The lowest BCUT2D eigenvalue weighted by atomic mass is 9.95. The van der Waals surface area contributed by atoms with E-state index in [-0.39, 0.29) is 23.5 Å². The molecule has 1 saturated carbocycles. The van der Waals surface area contributed by atoms with Crippen LogP contribution in [0.3, 0.4) is 0 Å². The van der Waals surface area contributed by atoms with Gasteiger partial charge in [0.15, 0.2) is 5.79 Å². The molecule has 1 aliphatic heterocycles. The van der Waals surface area contributed by atoms with Gasteiger partial charge in [-0.2, -0.15) is 4.98 Å². The zero-order chi connectivity index (χ0) is 23.6. The maximum atomic E-state index is 6.40. The second-order valence-electron chi connectivity index (χ2n) is 9.69. The highest BCUT2D eigenvalue weighted by Gasteiger charge is 2.54. The summed E-state index contributed by atoms with van der Waals surface area (Å²) in [4.78, 5) is 13.0. The highest BCUT2D eigenvalue weighted by atomic mass is 35.5. The number of hydrogen-bond acceptors (Lipinski definition) is 6. The highest BCUT2D eigenvalue weighted by Crippen LogP contribution is 2.49. The van der Waals surface area contributed by atoms with Crippen LogP contribution in [0.4, 0.5) is 5.82 Å². The number of halogens is 2. The second-order valence-corrected chi connectivity index (χ2v) is 10.4. The van der Waals surface area contributed by atoms with Crippen molar-refractivity contribution in [3.63, 3.8) is 0 Å². The Bertz CT molecular complexity index is 1410. The topological polar surface area (TPSA) is 88.1 Å². The number of ether oxygens (including phenoxy) is 2. The predicted octanol–water partition coefficient (Wildman–Crippen LogP) is 5.58. The molecule has 0 amide bonds. The number of aromatic nitrogens is 4. The molecule has 7 nitrogen and oxygen atoms in total. The number of pyridine rings is 1. The Morgan fingerprint density at radius 2 is 1.91 bits per heavy atom. The van der Waals surface area contributed by atoms with E-state index in [0.29, 0.717) is 16.8 Å². The van der Waals surface area contributed by atoms with Crippen LogP contribution in [0, 0.1) is 5.92 Å². The second kappa shape index (κ2) is 8.05. The van der Waals surface area contributed by atoms with Gasteiger partial charge >= 0.3 is 0 Å². The average Bonchev–Trinajstić information content (AvgIpc) is 3.43. The van der Waals surface area contributed by atoms with E-state index < -0.39 is 5.79 Å². The fourth-order valence-corrected chi connectivity index (χ4v) is 5.79. The third kappa shape index (κ3) is 3.81. The van der Waals surface area contributed by atoms with Gasteiger partial charge in [-0.05, 0) is 74.4 Å². The minimum atomic E-state index is -0.620. The predicted molar refractivity (Wildman–Crippen MR) is 133 cm³/mol. The van der Waals surface area contributed by atoms with Crippen molar-refractivity contribution in [2.24, 2.45) is 5.92 Å². The Hall–Kier alpha value is -2.45. The Balaban J connectivity index is 1.27. The Kier molecular flexibility index (Phi) is 5.22. The molecule has 0 radical (unpaired) electrons. The molecular formula is C25H25Cl2N5O2. The fraction of sp³-hybridized carbons (Fsp3) is 0.400. The molecule has 176 valence electrons. The highest BCUT2D eigenvalue weighted by molar-refractivity contribution is 6.33. The minimum absolute atomic E-state index is 0.0165. The summed E-state index contributed by atoms with van der Waals surface area (Å²) in [6.45, 7) is 3.97. The summed E-state index contributed by atoms with van der Waals surface area (Å²) in [6.07, 6.45) is 6.59. The average molecular weight is 498 g/mol. The zero-order valence-electron chi connectivity index (χ0n) is 18.9. The summed E-state index contributed by atoms with van der Waals surface area (Å²) in [5, 5.41) is 2.67. The summed E-state index contributed by atoms with van der Waals surface area (Å²) in [5.74, 6) is 0.0748. The van der Waals surface area contributed by atoms with Gasteiger partial charge in [-0.1, -0.05) is 23.7 Å². The van der Waals surface area contributed by atoms with Crippen LogP contribution in [0.15, 0.2) is 42.7 Å².